The van der Waals surface area contributed by atoms with Crippen LogP contribution in [0.15, 0.2) is 215 Å². The van der Waals surface area contributed by atoms with E-state index < -0.39 is 0 Å². The van der Waals surface area contributed by atoms with Gasteiger partial charge in [-0.25, -0.2) is 0 Å². The highest BCUT2D eigenvalue weighted by Gasteiger charge is 2.29. The number of benzene rings is 12. The molecule has 0 saturated heterocycles. The minimum absolute atomic E-state index is 0.216. The second kappa shape index (κ2) is 20.5. The Morgan fingerprint density at radius 3 is 1.04 bits per heavy atom. The summed E-state index contributed by atoms with van der Waals surface area (Å²) in [6, 6.07) is 77.1. The second-order valence-electron chi connectivity index (χ2n) is 23.0. The van der Waals surface area contributed by atoms with E-state index in [-0.39, 0.29) is 11.8 Å². The molecule has 0 unspecified atom stereocenters. The van der Waals surface area contributed by atoms with Crippen LogP contribution < -0.4 is 9.80 Å². The molecular formula is C78H68N2O2. The zero-order chi connectivity index (χ0) is 55.9. The topological polar surface area (TPSA) is 32.8 Å². The quantitative estimate of drug-likeness (QED) is 0.102. The Balaban J connectivity index is 1.06. The summed E-state index contributed by atoms with van der Waals surface area (Å²) in [5.41, 5.74) is 22.4. The van der Waals surface area contributed by atoms with Crippen LogP contribution in [0.25, 0.3) is 98.4 Å². The fourth-order valence-corrected chi connectivity index (χ4v) is 13.5. The van der Waals surface area contributed by atoms with Crippen molar-refractivity contribution < 1.29 is 8.83 Å². The molecule has 2 aromatic heterocycles. The van der Waals surface area contributed by atoms with E-state index in [9.17, 15) is 0 Å². The van der Waals surface area contributed by atoms with Gasteiger partial charge in [-0.3, -0.25) is 0 Å². The SMILES string of the molecule is CCc1ccc(N(c2cc(C(C)C)c3ccc4c(N(c5ccc(CC)cc5)c5cccc6c5oc5c(-c7ccccc7CC)cccc56)cc(C(C)C)c5ccc2c3c54)c2cccc3c2oc2c(-c4ccccc4CC)cccc23)cc1. The zero-order valence-corrected chi connectivity index (χ0v) is 48.3. The maximum Gasteiger partial charge on any atom is 0.159 e. The first-order chi connectivity index (χ1) is 40.2. The predicted octanol–water partition coefficient (Wildman–Crippen LogP) is 23.2. The minimum Gasteiger partial charge on any atom is -0.453 e. The van der Waals surface area contributed by atoms with Crippen molar-refractivity contribution in [3.8, 4) is 22.3 Å². The number of nitrogens with zero attached hydrogens (tertiary/aromatic N) is 2. The standard InChI is InChI=1S/C78H68N2O2/c1-9-49-33-37-53(38-34-49)79(69-31-19-29-63-61-27-17-25-59(75(61)81-77(63)69)55-23-15-13-21-51(55)11-3)71-45-67(47(5)6)57-42-44-66-72(46-68(48(7)8)58-41-43-65(71)73(57)74(58)66)80(54-39-35-50(10-2)36-40-54)70-32-20-30-64-62-28-18-26-60(76(62)82-78(64)70)56-24-16-14-22-52(56)12-4/h13-48H,9-12H2,1-8H3. The molecule has 0 bridgehead atoms. The van der Waals surface area contributed by atoms with Crippen LogP contribution in [-0.4, -0.2) is 0 Å². The molecule has 4 heteroatoms. The number of para-hydroxylation sites is 4. The van der Waals surface area contributed by atoms with E-state index in [1.54, 1.807) is 0 Å². The molecule has 0 fully saturated rings. The molecule has 402 valence electrons. The van der Waals surface area contributed by atoms with Crippen molar-refractivity contribution in [3.05, 3.63) is 240 Å². The third-order valence-corrected chi connectivity index (χ3v) is 17.7. The predicted molar refractivity (Wildman–Crippen MR) is 351 cm³/mol. The van der Waals surface area contributed by atoms with Gasteiger partial charge in [0.25, 0.3) is 0 Å². The third kappa shape index (κ3) is 8.09. The summed E-state index contributed by atoms with van der Waals surface area (Å²) in [4.78, 5) is 4.98. The lowest BCUT2D eigenvalue weighted by atomic mass is 9.84. The Bertz CT molecular complexity index is 4440. The summed E-state index contributed by atoms with van der Waals surface area (Å²) in [6.07, 6.45) is 3.78. The first-order valence-electron chi connectivity index (χ1n) is 29.8. The summed E-state index contributed by atoms with van der Waals surface area (Å²) in [5, 5.41) is 11.9. The number of furan rings is 2. The highest BCUT2D eigenvalue weighted by Crippen LogP contribution is 2.54. The van der Waals surface area contributed by atoms with E-state index >= 15 is 0 Å². The van der Waals surface area contributed by atoms with E-state index in [1.807, 2.05) is 0 Å². The molecule has 0 amide bonds. The summed E-state index contributed by atoms with van der Waals surface area (Å²) in [6.45, 7) is 18.3. The molecule has 0 aliphatic rings. The summed E-state index contributed by atoms with van der Waals surface area (Å²) in [7, 11) is 0. The first kappa shape index (κ1) is 51.1. The Morgan fingerprint density at radius 1 is 0.305 bits per heavy atom. The average molecular weight is 1070 g/mol. The number of hydrogen-bond acceptors (Lipinski definition) is 4. The Morgan fingerprint density at radius 2 is 0.659 bits per heavy atom. The Kier molecular flexibility index (Phi) is 12.7. The zero-order valence-electron chi connectivity index (χ0n) is 48.3. The molecule has 12 aromatic carbocycles. The monoisotopic (exact) mass is 1060 g/mol. The van der Waals surface area contributed by atoms with Crippen LogP contribution in [-0.2, 0) is 25.7 Å². The van der Waals surface area contributed by atoms with Gasteiger partial charge >= 0.3 is 0 Å². The molecule has 4 nitrogen and oxygen atoms in total. The lowest BCUT2D eigenvalue weighted by Gasteiger charge is -2.31. The minimum atomic E-state index is 0.216. The van der Waals surface area contributed by atoms with Crippen LogP contribution in [0.1, 0.15) is 101 Å². The van der Waals surface area contributed by atoms with Crippen LogP contribution in [0.4, 0.5) is 34.1 Å². The van der Waals surface area contributed by atoms with E-state index in [4.69, 9.17) is 8.83 Å². The van der Waals surface area contributed by atoms with Crippen molar-refractivity contribution in [2.75, 3.05) is 9.80 Å². The molecule has 0 spiro atoms. The second-order valence-corrected chi connectivity index (χ2v) is 23.0. The fraction of sp³-hybridized carbons (Fsp3) is 0.179. The number of fused-ring (bicyclic) bond motifs is 6. The van der Waals surface area contributed by atoms with E-state index in [0.29, 0.717) is 0 Å². The van der Waals surface area contributed by atoms with Crippen LogP contribution in [0.3, 0.4) is 0 Å². The van der Waals surface area contributed by atoms with Crippen molar-refractivity contribution in [1.82, 2.24) is 0 Å². The lowest BCUT2D eigenvalue weighted by Crippen LogP contribution is -2.13. The molecule has 0 aliphatic carbocycles. The average Bonchev–Trinajstić information content (AvgIpc) is 2.76. The maximum absolute atomic E-state index is 7.36. The number of hydrogen-bond donors (Lipinski definition) is 0. The van der Waals surface area contributed by atoms with Crippen molar-refractivity contribution in [2.45, 2.75) is 92.9 Å². The van der Waals surface area contributed by atoms with E-state index in [1.165, 1.54) is 76.8 Å². The summed E-state index contributed by atoms with van der Waals surface area (Å²) >= 11 is 0. The van der Waals surface area contributed by atoms with Gasteiger partial charge in [-0.1, -0.05) is 213 Å². The number of rotatable bonds is 14. The molecule has 14 aromatic rings. The van der Waals surface area contributed by atoms with Gasteiger partial charge in [0.05, 0.1) is 22.7 Å². The third-order valence-electron chi connectivity index (χ3n) is 17.7. The van der Waals surface area contributed by atoms with Gasteiger partial charge in [0, 0.05) is 54.8 Å². The molecule has 2 heterocycles. The molecule has 0 saturated carbocycles. The van der Waals surface area contributed by atoms with Gasteiger partial charge in [0.1, 0.15) is 11.2 Å². The van der Waals surface area contributed by atoms with Gasteiger partial charge in [-0.2, -0.15) is 0 Å². The first-order valence-corrected chi connectivity index (χ1v) is 29.8. The highest BCUT2D eigenvalue weighted by atomic mass is 16.3. The maximum atomic E-state index is 7.36. The molecule has 0 aliphatic heterocycles. The van der Waals surface area contributed by atoms with Crippen LogP contribution >= 0.6 is 0 Å². The van der Waals surface area contributed by atoms with Gasteiger partial charge < -0.3 is 18.6 Å². The normalized spacial score (nSPS) is 12.1. The van der Waals surface area contributed by atoms with Crippen molar-refractivity contribution >= 4 is 110 Å². The smallest absolute Gasteiger partial charge is 0.159 e. The molecule has 82 heavy (non-hydrogen) atoms. The molecule has 0 N–H and O–H groups in total. The van der Waals surface area contributed by atoms with Gasteiger partial charge in [0.15, 0.2) is 11.2 Å². The summed E-state index contributed by atoms with van der Waals surface area (Å²) in [5.74, 6) is 0.432. The van der Waals surface area contributed by atoms with E-state index in [2.05, 4.69) is 271 Å². The van der Waals surface area contributed by atoms with Crippen molar-refractivity contribution in [3.63, 3.8) is 0 Å². The van der Waals surface area contributed by atoms with E-state index in [0.717, 1.165) is 115 Å². The molecule has 14 rings (SSSR count). The Hall–Kier alpha value is -9.12. The molecular weight excluding hydrogens is 997 g/mol. The Labute approximate surface area is 481 Å². The van der Waals surface area contributed by atoms with Gasteiger partial charge in [-0.15, -0.1) is 0 Å². The molecule has 0 radical (unpaired) electrons. The number of aryl methyl sites for hydroxylation is 4. The largest absolute Gasteiger partial charge is 0.453 e. The van der Waals surface area contributed by atoms with Crippen molar-refractivity contribution in [2.24, 2.45) is 0 Å². The fourth-order valence-electron chi connectivity index (χ4n) is 13.5. The van der Waals surface area contributed by atoms with Crippen LogP contribution in [0.2, 0.25) is 0 Å². The van der Waals surface area contributed by atoms with Crippen LogP contribution in [0.5, 0.6) is 0 Å². The van der Waals surface area contributed by atoms with Crippen molar-refractivity contribution in [1.29, 1.82) is 0 Å². The summed E-state index contributed by atoms with van der Waals surface area (Å²) < 4.78 is 14.7. The van der Waals surface area contributed by atoms with Crippen LogP contribution in [0, 0.1) is 0 Å². The van der Waals surface area contributed by atoms with Gasteiger partial charge in [-0.05, 0) is 152 Å². The number of anilines is 6. The lowest BCUT2D eigenvalue weighted by molar-refractivity contribution is 0.669. The van der Waals surface area contributed by atoms with Gasteiger partial charge in [0.2, 0.25) is 0 Å². The molecule has 0 atom stereocenters. The highest BCUT2D eigenvalue weighted by molar-refractivity contribution is 6.30.